The normalized spacial score (nSPS) is 24.6. The topological polar surface area (TPSA) is 24.3 Å². The monoisotopic (exact) mass is 282 g/mol. The third-order valence-corrected chi connectivity index (χ3v) is 4.82. The Labute approximate surface area is 120 Å². The number of nitrogens with zero attached hydrogens (tertiary/aromatic N) is 4. The van der Waals surface area contributed by atoms with Crippen molar-refractivity contribution in [3.63, 3.8) is 0 Å². The molecule has 0 spiro atoms. The minimum Gasteiger partial charge on any atom is -0.355 e. The van der Waals surface area contributed by atoms with Gasteiger partial charge in [0.05, 0.1) is 11.6 Å². The Kier molecular flexibility index (Phi) is 3.72. The van der Waals surface area contributed by atoms with Crippen molar-refractivity contribution in [2.45, 2.75) is 38.1 Å². The van der Waals surface area contributed by atoms with Gasteiger partial charge in [-0.2, -0.15) is 5.10 Å². The van der Waals surface area contributed by atoms with Gasteiger partial charge >= 0.3 is 0 Å². The predicted molar refractivity (Wildman–Crippen MR) is 78.9 cm³/mol. The van der Waals surface area contributed by atoms with E-state index in [2.05, 4.69) is 21.8 Å². The van der Waals surface area contributed by atoms with Gasteiger partial charge < -0.3 is 4.90 Å². The molecule has 1 atom stereocenters. The predicted octanol–water partition coefficient (Wildman–Crippen LogP) is 2.14. The van der Waals surface area contributed by atoms with Crippen molar-refractivity contribution in [1.82, 2.24) is 14.7 Å². The summed E-state index contributed by atoms with van der Waals surface area (Å²) in [5, 5.41) is 4.55. The van der Waals surface area contributed by atoms with Crippen LogP contribution in [0.2, 0.25) is 0 Å². The van der Waals surface area contributed by atoms with Gasteiger partial charge in [-0.25, -0.2) is 0 Å². The molecule has 1 unspecified atom stereocenters. The average Bonchev–Trinajstić information content (AvgIpc) is 2.87. The highest BCUT2D eigenvalue weighted by atomic mass is 35.5. The number of aryl methyl sites for hydroxylation is 2. The smallest absolute Gasteiger partial charge is 0.131 e. The lowest BCUT2D eigenvalue weighted by molar-refractivity contribution is 0.273. The van der Waals surface area contributed by atoms with E-state index in [9.17, 15) is 0 Å². The van der Waals surface area contributed by atoms with Gasteiger partial charge in [0.25, 0.3) is 0 Å². The molecule has 0 amide bonds. The highest BCUT2D eigenvalue weighted by molar-refractivity contribution is 6.17. The first-order valence-electron chi connectivity index (χ1n) is 7.28. The van der Waals surface area contributed by atoms with Crippen LogP contribution in [0.5, 0.6) is 0 Å². The zero-order valence-electron chi connectivity index (χ0n) is 11.9. The summed E-state index contributed by atoms with van der Waals surface area (Å²) in [5.74, 6) is 1.79. The van der Waals surface area contributed by atoms with Crippen LogP contribution < -0.4 is 4.90 Å². The van der Waals surface area contributed by atoms with E-state index in [0.29, 0.717) is 5.88 Å². The van der Waals surface area contributed by atoms with E-state index in [1.807, 2.05) is 11.7 Å². The lowest BCUT2D eigenvalue weighted by Gasteiger charge is -2.27. The number of aromatic nitrogens is 2. The number of hydrogen-bond donors (Lipinski definition) is 0. The summed E-state index contributed by atoms with van der Waals surface area (Å²) in [6, 6.07) is 0.723. The van der Waals surface area contributed by atoms with Crippen molar-refractivity contribution < 1.29 is 0 Å². The highest BCUT2D eigenvalue weighted by Crippen LogP contribution is 2.29. The molecule has 3 heterocycles. The Morgan fingerprint density at radius 1 is 1.26 bits per heavy atom. The number of fused-ring (bicyclic) bond motifs is 1. The van der Waals surface area contributed by atoms with E-state index >= 15 is 0 Å². The van der Waals surface area contributed by atoms with E-state index in [1.54, 1.807) is 0 Å². The van der Waals surface area contributed by atoms with Crippen LogP contribution in [-0.2, 0) is 12.9 Å². The fraction of sp³-hybridized carbons (Fsp3) is 0.786. The summed E-state index contributed by atoms with van der Waals surface area (Å²) < 4.78 is 2.01. The van der Waals surface area contributed by atoms with Crippen LogP contribution in [0.4, 0.5) is 5.82 Å². The number of rotatable bonds is 2. The summed E-state index contributed by atoms with van der Waals surface area (Å²) in [5.41, 5.74) is 2.27. The molecule has 3 rings (SSSR count). The zero-order chi connectivity index (χ0) is 13.4. The van der Waals surface area contributed by atoms with Crippen molar-refractivity contribution in [1.29, 1.82) is 0 Å². The van der Waals surface area contributed by atoms with E-state index in [4.69, 9.17) is 11.6 Å². The van der Waals surface area contributed by atoms with Crippen molar-refractivity contribution in [2.75, 3.05) is 31.1 Å². The molecule has 0 aliphatic carbocycles. The SMILES string of the molecule is Cc1nn(C)c(N2CCCN3CCCC3C2)c1CCl. The molecule has 106 valence electrons. The van der Waals surface area contributed by atoms with Crippen molar-refractivity contribution >= 4 is 17.4 Å². The van der Waals surface area contributed by atoms with Gasteiger partial charge in [-0.05, 0) is 32.7 Å². The fourth-order valence-electron chi connectivity index (χ4n) is 3.64. The van der Waals surface area contributed by atoms with Crippen LogP contribution >= 0.6 is 11.6 Å². The van der Waals surface area contributed by atoms with E-state index in [0.717, 1.165) is 24.8 Å². The largest absolute Gasteiger partial charge is 0.355 e. The van der Waals surface area contributed by atoms with Gasteiger partial charge in [0.15, 0.2) is 0 Å². The molecule has 2 fully saturated rings. The van der Waals surface area contributed by atoms with Crippen LogP contribution in [0.3, 0.4) is 0 Å². The van der Waals surface area contributed by atoms with Crippen LogP contribution in [0.25, 0.3) is 0 Å². The summed E-state index contributed by atoms with van der Waals surface area (Å²) in [7, 11) is 2.04. The van der Waals surface area contributed by atoms with Crippen molar-refractivity contribution in [3.05, 3.63) is 11.3 Å². The first-order valence-corrected chi connectivity index (χ1v) is 7.81. The van der Waals surface area contributed by atoms with Crippen LogP contribution in [0.15, 0.2) is 0 Å². The Morgan fingerprint density at radius 2 is 2.05 bits per heavy atom. The lowest BCUT2D eigenvalue weighted by Crippen LogP contribution is -2.37. The van der Waals surface area contributed by atoms with Gasteiger partial charge in [0.1, 0.15) is 5.82 Å². The van der Waals surface area contributed by atoms with Crippen LogP contribution in [-0.4, -0.2) is 46.9 Å². The summed E-state index contributed by atoms with van der Waals surface area (Å²) >= 11 is 6.13. The highest BCUT2D eigenvalue weighted by Gasteiger charge is 2.30. The third-order valence-electron chi connectivity index (χ3n) is 4.55. The standard InChI is InChI=1S/C14H23ClN4/c1-11-13(9-15)14(17(2)16-11)19-8-4-7-18-6-3-5-12(18)10-19/h12H,3-10H2,1-2H3. The lowest BCUT2D eigenvalue weighted by atomic mass is 10.2. The van der Waals surface area contributed by atoms with Gasteiger partial charge in [0, 0.05) is 38.3 Å². The summed E-state index contributed by atoms with van der Waals surface area (Å²) in [6.45, 7) is 6.83. The number of hydrogen-bond acceptors (Lipinski definition) is 3. The zero-order valence-corrected chi connectivity index (χ0v) is 12.7. The van der Waals surface area contributed by atoms with E-state index in [-0.39, 0.29) is 0 Å². The molecule has 5 heteroatoms. The van der Waals surface area contributed by atoms with Crippen LogP contribution in [0.1, 0.15) is 30.5 Å². The summed E-state index contributed by atoms with van der Waals surface area (Å²) in [4.78, 5) is 5.16. The molecular weight excluding hydrogens is 260 g/mol. The molecule has 19 heavy (non-hydrogen) atoms. The molecule has 0 bridgehead atoms. The average molecular weight is 283 g/mol. The molecule has 2 saturated heterocycles. The van der Waals surface area contributed by atoms with Gasteiger partial charge in [-0.15, -0.1) is 11.6 Å². The maximum absolute atomic E-state index is 6.13. The molecule has 0 radical (unpaired) electrons. The van der Waals surface area contributed by atoms with E-state index < -0.39 is 0 Å². The number of halogens is 1. The molecule has 0 aromatic carbocycles. The number of anilines is 1. The second-order valence-electron chi connectivity index (χ2n) is 5.78. The van der Waals surface area contributed by atoms with Gasteiger partial charge in [-0.1, -0.05) is 0 Å². The first-order chi connectivity index (χ1) is 9.20. The number of alkyl halides is 1. The maximum atomic E-state index is 6.13. The van der Waals surface area contributed by atoms with Gasteiger partial charge in [-0.3, -0.25) is 9.58 Å². The fourth-order valence-corrected chi connectivity index (χ4v) is 3.95. The second kappa shape index (κ2) is 5.33. The summed E-state index contributed by atoms with van der Waals surface area (Å²) in [6.07, 6.45) is 3.93. The Hall–Kier alpha value is -0.740. The first kappa shape index (κ1) is 13.3. The maximum Gasteiger partial charge on any atom is 0.131 e. The second-order valence-corrected chi connectivity index (χ2v) is 6.04. The third kappa shape index (κ3) is 2.36. The van der Waals surface area contributed by atoms with E-state index in [1.165, 1.54) is 43.7 Å². The molecule has 0 N–H and O–H groups in total. The molecule has 2 aliphatic rings. The molecular formula is C14H23ClN4. The molecule has 1 aromatic rings. The molecule has 1 aromatic heterocycles. The Bertz CT molecular complexity index is 457. The minimum atomic E-state index is 0.555. The minimum absolute atomic E-state index is 0.555. The van der Waals surface area contributed by atoms with Crippen molar-refractivity contribution in [2.24, 2.45) is 7.05 Å². The molecule has 4 nitrogen and oxygen atoms in total. The molecule has 0 saturated carbocycles. The van der Waals surface area contributed by atoms with Crippen LogP contribution in [0, 0.1) is 6.92 Å². The Balaban J connectivity index is 1.88. The van der Waals surface area contributed by atoms with Crippen molar-refractivity contribution in [3.8, 4) is 0 Å². The molecule has 2 aliphatic heterocycles. The van der Waals surface area contributed by atoms with Gasteiger partial charge in [0.2, 0.25) is 0 Å². The quantitative estimate of drug-likeness (QED) is 0.777. The Morgan fingerprint density at radius 3 is 2.84 bits per heavy atom.